The maximum atomic E-state index is 8.07. The highest BCUT2D eigenvalue weighted by molar-refractivity contribution is 6.03. The van der Waals surface area contributed by atoms with E-state index in [9.17, 15) is 0 Å². The highest BCUT2D eigenvalue weighted by atomic mass is 16.3. The van der Waals surface area contributed by atoms with Gasteiger partial charge >= 0.3 is 0 Å². The molecule has 3 heterocycles. The standard InChI is InChI=1S/C23H16N2O/c1-15-14-20-22(18-10-5-6-12-19(18)26-20)25-21(15)23-17(11-7-13-24-23)16-8-3-2-4-9-16/h2-14H,1H3/i1D3. The summed E-state index contributed by atoms with van der Waals surface area (Å²) >= 11 is 0. The van der Waals surface area contributed by atoms with Crippen LogP contribution in [0.2, 0.25) is 0 Å². The maximum absolute atomic E-state index is 8.07. The Morgan fingerprint density at radius 1 is 0.846 bits per heavy atom. The molecule has 0 aliphatic carbocycles. The van der Waals surface area contributed by atoms with Crippen molar-refractivity contribution in [1.82, 2.24) is 9.97 Å². The predicted octanol–water partition coefficient (Wildman–Crippen LogP) is 6.02. The van der Waals surface area contributed by atoms with Gasteiger partial charge in [0.1, 0.15) is 11.1 Å². The summed E-state index contributed by atoms with van der Waals surface area (Å²) < 4.78 is 30.1. The molecule has 3 heteroatoms. The fourth-order valence-corrected chi connectivity index (χ4v) is 3.26. The van der Waals surface area contributed by atoms with Crippen LogP contribution < -0.4 is 0 Å². The summed E-state index contributed by atoms with van der Waals surface area (Å²) in [6.07, 6.45) is 1.66. The topological polar surface area (TPSA) is 38.9 Å². The zero-order chi connectivity index (χ0) is 20.0. The molecule has 0 saturated carbocycles. The molecular formula is C23H16N2O. The Labute approximate surface area is 155 Å². The summed E-state index contributed by atoms with van der Waals surface area (Å²) in [4.78, 5) is 9.30. The minimum Gasteiger partial charge on any atom is -0.454 e. The molecule has 26 heavy (non-hydrogen) atoms. The molecule has 0 amide bonds. The molecule has 0 unspecified atom stereocenters. The highest BCUT2D eigenvalue weighted by Gasteiger charge is 2.16. The third-order valence-corrected chi connectivity index (χ3v) is 4.47. The lowest BCUT2D eigenvalue weighted by molar-refractivity contribution is 0.668. The van der Waals surface area contributed by atoms with Crippen molar-refractivity contribution in [2.24, 2.45) is 0 Å². The number of hydrogen-bond donors (Lipinski definition) is 0. The lowest BCUT2D eigenvalue weighted by atomic mass is 10.00. The predicted molar refractivity (Wildman–Crippen MR) is 105 cm³/mol. The van der Waals surface area contributed by atoms with Crippen LogP contribution in [0.3, 0.4) is 0 Å². The highest BCUT2D eigenvalue weighted by Crippen LogP contribution is 2.35. The number of aromatic nitrogens is 2. The minimum absolute atomic E-state index is 0.125. The second kappa shape index (κ2) is 5.81. The van der Waals surface area contributed by atoms with Crippen LogP contribution in [-0.2, 0) is 0 Å². The van der Waals surface area contributed by atoms with Gasteiger partial charge in [-0.15, -0.1) is 0 Å². The lowest BCUT2D eigenvalue weighted by Gasteiger charge is -2.10. The first-order valence-corrected chi connectivity index (χ1v) is 8.36. The van der Waals surface area contributed by atoms with Gasteiger partial charge in [0.05, 0.1) is 11.4 Å². The largest absolute Gasteiger partial charge is 0.454 e. The number of hydrogen-bond acceptors (Lipinski definition) is 3. The molecule has 5 aromatic rings. The Kier molecular flexibility index (Phi) is 2.68. The Balaban J connectivity index is 1.86. The van der Waals surface area contributed by atoms with Gasteiger partial charge < -0.3 is 4.42 Å². The number of benzene rings is 2. The molecule has 0 bridgehead atoms. The van der Waals surface area contributed by atoms with Crippen LogP contribution >= 0.6 is 0 Å². The zero-order valence-electron chi connectivity index (χ0n) is 16.8. The summed E-state index contributed by atoms with van der Waals surface area (Å²) in [7, 11) is 0. The van der Waals surface area contributed by atoms with Crippen molar-refractivity contribution in [3.8, 4) is 22.5 Å². The Bertz CT molecular complexity index is 1340. The van der Waals surface area contributed by atoms with Crippen LogP contribution in [0, 0.1) is 6.85 Å². The van der Waals surface area contributed by atoms with Crippen molar-refractivity contribution in [3.05, 3.63) is 84.6 Å². The van der Waals surface area contributed by atoms with Crippen LogP contribution in [0.25, 0.3) is 44.6 Å². The van der Waals surface area contributed by atoms with Crippen molar-refractivity contribution < 1.29 is 8.53 Å². The van der Waals surface area contributed by atoms with Gasteiger partial charge in [-0.25, -0.2) is 4.98 Å². The van der Waals surface area contributed by atoms with Crippen LogP contribution in [0.15, 0.2) is 83.4 Å². The van der Waals surface area contributed by atoms with Crippen LogP contribution in [0.1, 0.15) is 9.68 Å². The number of furan rings is 1. The van der Waals surface area contributed by atoms with Gasteiger partial charge in [0.15, 0.2) is 5.58 Å². The van der Waals surface area contributed by atoms with Crippen molar-refractivity contribution in [2.45, 2.75) is 6.85 Å². The fraction of sp³-hybridized carbons (Fsp3) is 0.0435. The molecule has 0 aliphatic heterocycles. The lowest BCUT2D eigenvalue weighted by Crippen LogP contribution is -1.94. The van der Waals surface area contributed by atoms with Crippen molar-refractivity contribution in [3.63, 3.8) is 0 Å². The van der Waals surface area contributed by atoms with E-state index in [2.05, 4.69) is 4.98 Å². The van der Waals surface area contributed by atoms with Crippen molar-refractivity contribution in [1.29, 1.82) is 0 Å². The minimum atomic E-state index is -2.36. The Hall–Kier alpha value is -3.46. The van der Waals surface area contributed by atoms with E-state index in [0.717, 1.165) is 16.5 Å². The molecule has 0 fully saturated rings. The molecule has 124 valence electrons. The summed E-state index contributed by atoms with van der Waals surface area (Å²) in [5.74, 6) is 0. The summed E-state index contributed by atoms with van der Waals surface area (Å²) in [6.45, 7) is -2.36. The molecule has 0 N–H and O–H groups in total. The molecule has 5 rings (SSSR count). The van der Waals surface area contributed by atoms with Gasteiger partial charge in [0.25, 0.3) is 0 Å². The van der Waals surface area contributed by atoms with E-state index in [1.165, 1.54) is 0 Å². The first kappa shape index (κ1) is 12.0. The number of rotatable bonds is 2. The van der Waals surface area contributed by atoms with Crippen LogP contribution in [0.4, 0.5) is 0 Å². The van der Waals surface area contributed by atoms with Crippen molar-refractivity contribution >= 4 is 22.1 Å². The van der Waals surface area contributed by atoms with Crippen LogP contribution in [0.5, 0.6) is 0 Å². The van der Waals surface area contributed by atoms with Gasteiger partial charge in [-0.3, -0.25) is 4.98 Å². The first-order chi connectivity index (χ1) is 14.0. The van der Waals surface area contributed by atoms with E-state index >= 15 is 0 Å². The van der Waals surface area contributed by atoms with E-state index in [4.69, 9.17) is 13.5 Å². The second-order valence-corrected chi connectivity index (χ2v) is 6.10. The molecule has 0 saturated heterocycles. The molecule has 3 nitrogen and oxygen atoms in total. The van der Waals surface area contributed by atoms with E-state index in [0.29, 0.717) is 28.1 Å². The fourth-order valence-electron chi connectivity index (χ4n) is 3.26. The monoisotopic (exact) mass is 339 g/mol. The quantitative estimate of drug-likeness (QED) is 0.395. The smallest absolute Gasteiger partial charge is 0.154 e. The number of para-hydroxylation sites is 1. The summed E-state index contributed by atoms with van der Waals surface area (Å²) in [5.41, 5.74) is 4.56. The average molecular weight is 339 g/mol. The normalized spacial score (nSPS) is 13.5. The number of nitrogens with zero attached hydrogens (tertiary/aromatic N) is 2. The maximum Gasteiger partial charge on any atom is 0.154 e. The summed E-state index contributed by atoms with van der Waals surface area (Å²) in [6, 6.07) is 22.7. The van der Waals surface area contributed by atoms with Gasteiger partial charge in [-0.2, -0.15) is 0 Å². The SMILES string of the molecule is [2H]C([2H])([2H])c1cc2oc3ccccc3c2nc1-c1ncccc1-c1ccccc1. The molecule has 0 atom stereocenters. The van der Waals surface area contributed by atoms with Gasteiger partial charge in [0.2, 0.25) is 0 Å². The van der Waals surface area contributed by atoms with Gasteiger partial charge in [-0.1, -0.05) is 48.5 Å². The average Bonchev–Trinajstić information content (AvgIpc) is 3.11. The van der Waals surface area contributed by atoms with Crippen LogP contribution in [-0.4, -0.2) is 9.97 Å². The second-order valence-electron chi connectivity index (χ2n) is 6.10. The number of pyridine rings is 2. The number of fused-ring (bicyclic) bond motifs is 3. The summed E-state index contributed by atoms with van der Waals surface area (Å²) in [5, 5.41) is 0.845. The first-order valence-electron chi connectivity index (χ1n) is 9.86. The third kappa shape index (κ3) is 2.29. The number of aryl methyl sites for hydroxylation is 1. The molecular weight excluding hydrogens is 320 g/mol. The molecule has 3 aromatic heterocycles. The van der Waals surface area contributed by atoms with E-state index in [-0.39, 0.29) is 5.56 Å². The van der Waals surface area contributed by atoms with Gasteiger partial charge in [-0.05, 0) is 42.2 Å². The molecule has 0 aliphatic rings. The van der Waals surface area contributed by atoms with E-state index in [1.54, 1.807) is 12.3 Å². The van der Waals surface area contributed by atoms with E-state index < -0.39 is 6.85 Å². The van der Waals surface area contributed by atoms with Gasteiger partial charge in [0, 0.05) is 21.3 Å². The molecule has 2 aromatic carbocycles. The Morgan fingerprint density at radius 2 is 1.69 bits per heavy atom. The molecule has 0 radical (unpaired) electrons. The Morgan fingerprint density at radius 3 is 2.58 bits per heavy atom. The third-order valence-electron chi connectivity index (χ3n) is 4.47. The zero-order valence-corrected chi connectivity index (χ0v) is 13.8. The molecule has 0 spiro atoms. The van der Waals surface area contributed by atoms with E-state index in [1.807, 2.05) is 66.7 Å². The van der Waals surface area contributed by atoms with Crippen molar-refractivity contribution in [2.75, 3.05) is 0 Å².